The van der Waals surface area contributed by atoms with Crippen molar-refractivity contribution in [1.29, 1.82) is 0 Å². The van der Waals surface area contributed by atoms with Gasteiger partial charge in [-0.05, 0) is 44.4 Å². The highest BCUT2D eigenvalue weighted by molar-refractivity contribution is 5.92. The van der Waals surface area contributed by atoms with Crippen LogP contribution in [-0.4, -0.2) is 71.2 Å². The molecule has 6 nitrogen and oxygen atoms in total. The van der Waals surface area contributed by atoms with Crippen molar-refractivity contribution in [3.05, 3.63) is 17.8 Å². The number of nitrogens with zero attached hydrogens (tertiary/aromatic N) is 5. The van der Waals surface area contributed by atoms with Crippen molar-refractivity contribution >= 4 is 11.7 Å². The quantitative estimate of drug-likeness (QED) is 0.845. The number of carbonyl (C=O) groups excluding carboxylic acids is 1. The summed E-state index contributed by atoms with van der Waals surface area (Å²) >= 11 is 0. The second kappa shape index (κ2) is 7.92. The average molecular weight is 331 g/mol. The number of piperazine rings is 1. The number of anilines is 1. The first-order chi connectivity index (χ1) is 11.7. The standard InChI is InChI=1S/C18H29N5O/c1-3-15-7-5-6-10-23(15)18(24)16-8-9-17(20-19-16)22-13-11-21(4-2)12-14-22/h8-9,15H,3-7,10-14H2,1-2H3. The smallest absolute Gasteiger partial charge is 0.274 e. The minimum Gasteiger partial charge on any atom is -0.353 e. The van der Waals surface area contributed by atoms with Crippen LogP contribution in [0.4, 0.5) is 5.82 Å². The van der Waals surface area contributed by atoms with Gasteiger partial charge in [-0.2, -0.15) is 0 Å². The van der Waals surface area contributed by atoms with Crippen LogP contribution in [0.1, 0.15) is 50.0 Å². The molecular formula is C18H29N5O. The second-order valence-electron chi connectivity index (χ2n) is 6.75. The summed E-state index contributed by atoms with van der Waals surface area (Å²) in [4.78, 5) is 19.4. The van der Waals surface area contributed by atoms with E-state index in [0.29, 0.717) is 11.7 Å². The summed E-state index contributed by atoms with van der Waals surface area (Å²) in [6.07, 6.45) is 4.43. The van der Waals surface area contributed by atoms with Crippen LogP contribution >= 0.6 is 0 Å². The lowest BCUT2D eigenvalue weighted by Gasteiger charge is -2.35. The Kier molecular flexibility index (Phi) is 5.66. The molecule has 1 atom stereocenters. The molecule has 1 aromatic rings. The van der Waals surface area contributed by atoms with Crippen molar-refractivity contribution in [1.82, 2.24) is 20.0 Å². The number of likely N-dealkylation sites (tertiary alicyclic amines) is 1. The fourth-order valence-corrected chi connectivity index (χ4v) is 3.74. The van der Waals surface area contributed by atoms with E-state index in [1.807, 2.05) is 17.0 Å². The maximum atomic E-state index is 12.7. The van der Waals surface area contributed by atoms with Crippen molar-refractivity contribution in [3.8, 4) is 0 Å². The van der Waals surface area contributed by atoms with Gasteiger partial charge in [-0.3, -0.25) is 4.79 Å². The largest absolute Gasteiger partial charge is 0.353 e. The van der Waals surface area contributed by atoms with Gasteiger partial charge in [0.25, 0.3) is 5.91 Å². The van der Waals surface area contributed by atoms with Crippen molar-refractivity contribution in [2.75, 3.05) is 44.2 Å². The third-order valence-corrected chi connectivity index (χ3v) is 5.37. The van der Waals surface area contributed by atoms with E-state index >= 15 is 0 Å². The Morgan fingerprint density at radius 3 is 2.50 bits per heavy atom. The fraction of sp³-hybridized carbons (Fsp3) is 0.722. The van der Waals surface area contributed by atoms with E-state index in [0.717, 1.165) is 64.3 Å². The van der Waals surface area contributed by atoms with Crippen LogP contribution in [-0.2, 0) is 0 Å². The summed E-state index contributed by atoms with van der Waals surface area (Å²) in [6.45, 7) is 10.4. The monoisotopic (exact) mass is 331 g/mol. The highest BCUT2D eigenvalue weighted by Gasteiger charge is 2.27. The first-order valence-corrected chi connectivity index (χ1v) is 9.35. The van der Waals surface area contributed by atoms with Gasteiger partial charge in [0.2, 0.25) is 0 Å². The van der Waals surface area contributed by atoms with Gasteiger partial charge in [0, 0.05) is 38.8 Å². The topological polar surface area (TPSA) is 52.6 Å². The van der Waals surface area contributed by atoms with Crippen LogP contribution in [0.25, 0.3) is 0 Å². The van der Waals surface area contributed by atoms with Crippen molar-refractivity contribution in [3.63, 3.8) is 0 Å². The molecule has 1 aromatic heterocycles. The molecular weight excluding hydrogens is 302 g/mol. The number of rotatable bonds is 4. The van der Waals surface area contributed by atoms with E-state index in [1.54, 1.807) is 0 Å². The zero-order valence-electron chi connectivity index (χ0n) is 14.9. The minimum atomic E-state index is 0.0383. The van der Waals surface area contributed by atoms with E-state index in [2.05, 4.69) is 33.8 Å². The Morgan fingerprint density at radius 2 is 1.88 bits per heavy atom. The van der Waals surface area contributed by atoms with Crippen LogP contribution in [0.15, 0.2) is 12.1 Å². The average Bonchev–Trinajstić information content (AvgIpc) is 2.67. The van der Waals surface area contributed by atoms with Crippen molar-refractivity contribution in [2.24, 2.45) is 0 Å². The third-order valence-electron chi connectivity index (χ3n) is 5.37. The number of carbonyl (C=O) groups is 1. The molecule has 3 rings (SSSR count). The zero-order valence-corrected chi connectivity index (χ0v) is 14.9. The highest BCUT2D eigenvalue weighted by Crippen LogP contribution is 2.21. The number of hydrogen-bond donors (Lipinski definition) is 0. The Labute approximate surface area is 144 Å². The van der Waals surface area contributed by atoms with E-state index in [-0.39, 0.29) is 5.91 Å². The van der Waals surface area contributed by atoms with Crippen LogP contribution in [0.3, 0.4) is 0 Å². The first kappa shape index (κ1) is 17.1. The van der Waals surface area contributed by atoms with Gasteiger partial charge in [0.1, 0.15) is 0 Å². The van der Waals surface area contributed by atoms with Gasteiger partial charge in [0.15, 0.2) is 11.5 Å². The molecule has 3 heterocycles. The predicted octanol–water partition coefficient (Wildman–Crippen LogP) is 2.02. The van der Waals surface area contributed by atoms with E-state index in [9.17, 15) is 4.79 Å². The molecule has 0 radical (unpaired) electrons. The number of piperidine rings is 1. The van der Waals surface area contributed by atoms with Crippen LogP contribution in [0.2, 0.25) is 0 Å². The molecule has 0 N–H and O–H groups in total. The summed E-state index contributed by atoms with van der Waals surface area (Å²) < 4.78 is 0. The Morgan fingerprint density at radius 1 is 1.08 bits per heavy atom. The highest BCUT2D eigenvalue weighted by atomic mass is 16.2. The van der Waals surface area contributed by atoms with Gasteiger partial charge >= 0.3 is 0 Å². The van der Waals surface area contributed by atoms with E-state index in [1.165, 1.54) is 6.42 Å². The first-order valence-electron chi connectivity index (χ1n) is 9.35. The minimum absolute atomic E-state index is 0.0383. The number of amides is 1. The Bertz CT molecular complexity index is 539. The van der Waals surface area contributed by atoms with Crippen molar-refractivity contribution < 1.29 is 4.79 Å². The number of aromatic nitrogens is 2. The summed E-state index contributed by atoms with van der Waals surface area (Å²) in [5.41, 5.74) is 0.478. The van der Waals surface area contributed by atoms with Gasteiger partial charge in [-0.1, -0.05) is 13.8 Å². The second-order valence-corrected chi connectivity index (χ2v) is 6.75. The van der Waals surface area contributed by atoms with Crippen LogP contribution in [0, 0.1) is 0 Å². The SMILES string of the molecule is CCC1CCCCN1C(=O)c1ccc(N2CCN(CC)CC2)nn1. The van der Waals surface area contributed by atoms with E-state index in [4.69, 9.17) is 0 Å². The van der Waals surface area contributed by atoms with Gasteiger partial charge < -0.3 is 14.7 Å². The maximum Gasteiger partial charge on any atom is 0.274 e. The lowest BCUT2D eigenvalue weighted by Crippen LogP contribution is -2.46. The molecule has 1 unspecified atom stereocenters. The molecule has 0 aromatic carbocycles. The number of hydrogen-bond acceptors (Lipinski definition) is 5. The van der Waals surface area contributed by atoms with Crippen molar-refractivity contribution in [2.45, 2.75) is 45.6 Å². The van der Waals surface area contributed by atoms with Crippen LogP contribution < -0.4 is 4.90 Å². The molecule has 2 aliphatic heterocycles. The number of likely N-dealkylation sites (N-methyl/N-ethyl adjacent to an activating group) is 1. The normalized spacial score (nSPS) is 22.7. The molecule has 132 valence electrons. The molecule has 1 amide bonds. The molecule has 2 aliphatic rings. The molecule has 6 heteroatoms. The summed E-state index contributed by atoms with van der Waals surface area (Å²) in [7, 11) is 0. The maximum absolute atomic E-state index is 12.7. The molecule has 0 bridgehead atoms. The lowest BCUT2D eigenvalue weighted by molar-refractivity contribution is 0.0600. The molecule has 0 saturated carbocycles. The molecule has 0 spiro atoms. The molecule has 2 fully saturated rings. The summed E-state index contributed by atoms with van der Waals surface area (Å²) in [6, 6.07) is 4.15. The fourth-order valence-electron chi connectivity index (χ4n) is 3.74. The molecule has 0 aliphatic carbocycles. The van der Waals surface area contributed by atoms with Crippen LogP contribution in [0.5, 0.6) is 0 Å². The zero-order chi connectivity index (χ0) is 16.9. The third kappa shape index (κ3) is 3.69. The Balaban J connectivity index is 1.64. The van der Waals surface area contributed by atoms with Gasteiger partial charge in [0.05, 0.1) is 0 Å². The summed E-state index contributed by atoms with van der Waals surface area (Å²) in [5.74, 6) is 0.921. The molecule has 24 heavy (non-hydrogen) atoms. The Hall–Kier alpha value is -1.69. The molecule has 2 saturated heterocycles. The lowest BCUT2D eigenvalue weighted by atomic mass is 9.99. The van der Waals surface area contributed by atoms with Gasteiger partial charge in [-0.25, -0.2) is 0 Å². The summed E-state index contributed by atoms with van der Waals surface area (Å²) in [5, 5.41) is 8.57. The van der Waals surface area contributed by atoms with E-state index < -0.39 is 0 Å². The predicted molar refractivity (Wildman–Crippen MR) is 95.3 cm³/mol. The van der Waals surface area contributed by atoms with Gasteiger partial charge in [-0.15, -0.1) is 10.2 Å².